The minimum atomic E-state index is 0.292. The molecule has 0 aliphatic rings. The molecular formula is C14H27N3O2. The van der Waals surface area contributed by atoms with Crippen LogP contribution < -0.4 is 20.7 Å². The summed E-state index contributed by atoms with van der Waals surface area (Å²) in [6.07, 6.45) is 0.292. The van der Waals surface area contributed by atoms with Gasteiger partial charge < -0.3 is 25.4 Å². The van der Waals surface area contributed by atoms with Crippen molar-refractivity contribution < 1.29 is 9.47 Å². The van der Waals surface area contributed by atoms with Crippen molar-refractivity contribution in [2.24, 2.45) is 0 Å². The Morgan fingerprint density at radius 3 is 2.11 bits per heavy atom. The van der Waals surface area contributed by atoms with Crippen molar-refractivity contribution in [1.29, 1.82) is 0 Å². The highest BCUT2D eigenvalue weighted by Crippen LogP contribution is 2.15. The maximum Gasteiger partial charge on any atom is 0.120 e. The van der Waals surface area contributed by atoms with Crippen molar-refractivity contribution in [2.45, 2.75) is 6.10 Å². The fourth-order valence-corrected chi connectivity index (χ4v) is 1.47. The van der Waals surface area contributed by atoms with Crippen molar-refractivity contribution in [3.8, 4) is 5.75 Å². The normalized spacial score (nSPS) is 9.79. The van der Waals surface area contributed by atoms with E-state index in [1.165, 1.54) is 0 Å². The van der Waals surface area contributed by atoms with E-state index in [9.17, 15) is 0 Å². The standard InChI is InChI=1S/C8H11NO.C6H16N2O/c1-9-7-4-3-5-8(6-7)10-2;1-7-4-6(9-3)5-8-2/h3-6,9H,1-2H3;6-8H,4-5H2,1-3H3. The molecule has 0 aliphatic carbocycles. The number of hydrogen-bond acceptors (Lipinski definition) is 5. The van der Waals surface area contributed by atoms with Gasteiger partial charge in [-0.25, -0.2) is 0 Å². The molecule has 0 heterocycles. The average Bonchev–Trinajstić information content (AvgIpc) is 2.47. The highest BCUT2D eigenvalue weighted by molar-refractivity contribution is 5.47. The molecule has 1 aromatic rings. The fourth-order valence-electron chi connectivity index (χ4n) is 1.47. The van der Waals surface area contributed by atoms with Crippen LogP contribution in [0.3, 0.4) is 0 Å². The lowest BCUT2D eigenvalue weighted by molar-refractivity contribution is 0.104. The van der Waals surface area contributed by atoms with Gasteiger partial charge in [-0.1, -0.05) is 6.07 Å². The van der Waals surface area contributed by atoms with E-state index in [-0.39, 0.29) is 0 Å². The summed E-state index contributed by atoms with van der Waals surface area (Å²) in [5.74, 6) is 0.881. The zero-order chi connectivity index (χ0) is 14.5. The monoisotopic (exact) mass is 269 g/mol. The van der Waals surface area contributed by atoms with E-state index in [1.807, 2.05) is 45.4 Å². The lowest BCUT2D eigenvalue weighted by Gasteiger charge is -2.12. The molecule has 0 atom stereocenters. The van der Waals surface area contributed by atoms with Gasteiger partial charge in [-0.2, -0.15) is 0 Å². The van der Waals surface area contributed by atoms with Gasteiger partial charge in [-0.15, -0.1) is 0 Å². The van der Waals surface area contributed by atoms with Crippen LogP contribution in [0.5, 0.6) is 5.75 Å². The van der Waals surface area contributed by atoms with Crippen molar-refractivity contribution in [2.75, 3.05) is 53.8 Å². The van der Waals surface area contributed by atoms with Gasteiger partial charge in [-0.05, 0) is 26.2 Å². The largest absolute Gasteiger partial charge is 0.497 e. The third-order valence-electron chi connectivity index (χ3n) is 2.56. The van der Waals surface area contributed by atoms with E-state index in [0.29, 0.717) is 6.10 Å². The second-order valence-electron chi connectivity index (χ2n) is 3.96. The van der Waals surface area contributed by atoms with E-state index in [1.54, 1.807) is 14.2 Å². The molecule has 0 saturated carbocycles. The molecule has 19 heavy (non-hydrogen) atoms. The summed E-state index contributed by atoms with van der Waals surface area (Å²) >= 11 is 0. The molecule has 1 rings (SSSR count). The number of hydrogen-bond donors (Lipinski definition) is 3. The number of anilines is 1. The van der Waals surface area contributed by atoms with Gasteiger partial charge >= 0.3 is 0 Å². The number of benzene rings is 1. The third kappa shape index (κ3) is 8.42. The van der Waals surface area contributed by atoms with Crippen LogP contribution in [0.2, 0.25) is 0 Å². The van der Waals surface area contributed by atoms with Crippen LogP contribution in [-0.4, -0.2) is 54.6 Å². The van der Waals surface area contributed by atoms with Crippen molar-refractivity contribution in [1.82, 2.24) is 10.6 Å². The second kappa shape index (κ2) is 11.8. The third-order valence-corrected chi connectivity index (χ3v) is 2.56. The molecule has 110 valence electrons. The van der Waals surface area contributed by atoms with Crippen molar-refractivity contribution in [3.63, 3.8) is 0 Å². The summed E-state index contributed by atoms with van der Waals surface area (Å²) in [6, 6.07) is 7.80. The Morgan fingerprint density at radius 1 is 1.05 bits per heavy atom. The molecule has 0 spiro atoms. The first-order valence-corrected chi connectivity index (χ1v) is 6.35. The smallest absolute Gasteiger partial charge is 0.120 e. The van der Waals surface area contributed by atoms with Crippen LogP contribution in [0.4, 0.5) is 5.69 Å². The van der Waals surface area contributed by atoms with Gasteiger partial charge in [0, 0.05) is 39.0 Å². The first-order chi connectivity index (χ1) is 9.21. The predicted molar refractivity (Wildman–Crippen MR) is 81.2 cm³/mol. The summed E-state index contributed by atoms with van der Waals surface area (Å²) < 4.78 is 10.1. The van der Waals surface area contributed by atoms with Crippen molar-refractivity contribution in [3.05, 3.63) is 24.3 Å². The number of likely N-dealkylation sites (N-methyl/N-ethyl adjacent to an activating group) is 2. The van der Waals surface area contributed by atoms with E-state index < -0.39 is 0 Å². The lowest BCUT2D eigenvalue weighted by Crippen LogP contribution is -2.34. The van der Waals surface area contributed by atoms with Gasteiger partial charge in [0.2, 0.25) is 0 Å². The van der Waals surface area contributed by atoms with Gasteiger partial charge in [0.25, 0.3) is 0 Å². The molecule has 0 amide bonds. The molecule has 0 aromatic heterocycles. The number of methoxy groups -OCH3 is 2. The second-order valence-corrected chi connectivity index (χ2v) is 3.96. The molecule has 0 bridgehead atoms. The van der Waals surface area contributed by atoms with Crippen LogP contribution in [0, 0.1) is 0 Å². The van der Waals surface area contributed by atoms with E-state index >= 15 is 0 Å². The van der Waals surface area contributed by atoms with Gasteiger partial charge in [-0.3, -0.25) is 0 Å². The van der Waals surface area contributed by atoms with Gasteiger partial charge in [0.05, 0.1) is 13.2 Å². The Labute approximate surface area is 116 Å². The topological polar surface area (TPSA) is 54.5 Å². The predicted octanol–water partition coefficient (Wildman–Crippen LogP) is 1.18. The van der Waals surface area contributed by atoms with Crippen LogP contribution >= 0.6 is 0 Å². The molecule has 0 unspecified atom stereocenters. The molecule has 5 heteroatoms. The van der Waals surface area contributed by atoms with Crippen LogP contribution in [0.25, 0.3) is 0 Å². The molecule has 1 aromatic carbocycles. The van der Waals surface area contributed by atoms with Gasteiger partial charge in [0.1, 0.15) is 5.75 Å². The van der Waals surface area contributed by atoms with E-state index in [2.05, 4.69) is 16.0 Å². The first kappa shape index (κ1) is 17.7. The SMILES string of the molecule is CNCC(CNC)OC.CNc1cccc(OC)c1. The van der Waals surface area contributed by atoms with Crippen LogP contribution in [0.1, 0.15) is 0 Å². The minimum Gasteiger partial charge on any atom is -0.497 e. The maximum absolute atomic E-state index is 5.11. The quantitative estimate of drug-likeness (QED) is 0.694. The Hall–Kier alpha value is -1.30. The molecule has 0 saturated heterocycles. The van der Waals surface area contributed by atoms with Crippen molar-refractivity contribution >= 4 is 5.69 Å². The molecule has 0 aliphatic heterocycles. The van der Waals surface area contributed by atoms with Gasteiger partial charge in [0.15, 0.2) is 0 Å². The van der Waals surface area contributed by atoms with Crippen LogP contribution in [0.15, 0.2) is 24.3 Å². The number of rotatable bonds is 7. The fraction of sp³-hybridized carbons (Fsp3) is 0.571. The Morgan fingerprint density at radius 2 is 1.68 bits per heavy atom. The average molecular weight is 269 g/mol. The van der Waals surface area contributed by atoms with E-state index in [0.717, 1.165) is 24.5 Å². The minimum absolute atomic E-state index is 0.292. The number of ether oxygens (including phenoxy) is 2. The Balaban J connectivity index is 0.000000344. The zero-order valence-corrected chi connectivity index (χ0v) is 12.6. The lowest BCUT2D eigenvalue weighted by atomic mass is 10.3. The molecule has 5 nitrogen and oxygen atoms in total. The highest BCUT2D eigenvalue weighted by atomic mass is 16.5. The summed E-state index contributed by atoms with van der Waals surface area (Å²) in [6.45, 7) is 1.80. The number of nitrogens with one attached hydrogen (secondary N) is 3. The molecular weight excluding hydrogens is 242 g/mol. The summed E-state index contributed by atoms with van der Waals surface area (Å²) in [7, 11) is 9.10. The highest BCUT2D eigenvalue weighted by Gasteiger charge is 2.01. The van der Waals surface area contributed by atoms with Crippen LogP contribution in [-0.2, 0) is 4.74 Å². The zero-order valence-electron chi connectivity index (χ0n) is 12.6. The summed E-state index contributed by atoms with van der Waals surface area (Å²) in [5.41, 5.74) is 1.07. The molecule has 3 N–H and O–H groups in total. The summed E-state index contributed by atoms with van der Waals surface area (Å²) in [5, 5.41) is 9.10. The Kier molecular flexibility index (Phi) is 11.0. The van der Waals surface area contributed by atoms with E-state index in [4.69, 9.17) is 9.47 Å². The maximum atomic E-state index is 5.11. The molecule has 0 radical (unpaired) electrons. The summed E-state index contributed by atoms with van der Waals surface area (Å²) in [4.78, 5) is 0. The Bertz CT molecular complexity index is 296. The first-order valence-electron chi connectivity index (χ1n) is 6.35. The molecule has 0 fully saturated rings.